The summed E-state index contributed by atoms with van der Waals surface area (Å²) in [6.45, 7) is 0. The Bertz CT molecular complexity index is 362. The number of nitrogens with zero attached hydrogens (tertiary/aromatic N) is 1. The topological polar surface area (TPSA) is 30.0 Å². The standard InChI is InChI=1S/C9H7ClFNO/c10-8(13)6-1-4-12-7(5-6)9(11)2-3-9/h1,4-5H,2-3H2. The molecule has 4 heteroatoms. The second kappa shape index (κ2) is 2.77. The number of carbonyl (C=O) groups excluding carboxylic acids is 1. The SMILES string of the molecule is O=C(Cl)c1ccnc(C2(F)CC2)c1. The lowest BCUT2D eigenvalue weighted by Gasteiger charge is -2.03. The summed E-state index contributed by atoms with van der Waals surface area (Å²) < 4.78 is 13.5. The minimum Gasteiger partial charge on any atom is -0.276 e. The predicted molar refractivity (Wildman–Crippen MR) is 46.4 cm³/mol. The van der Waals surface area contributed by atoms with Gasteiger partial charge >= 0.3 is 0 Å². The fraction of sp³-hybridized carbons (Fsp3) is 0.333. The lowest BCUT2D eigenvalue weighted by Crippen LogP contribution is -2.03. The molecule has 2 rings (SSSR count). The van der Waals surface area contributed by atoms with Gasteiger partial charge in [-0.25, -0.2) is 4.39 Å². The van der Waals surface area contributed by atoms with Crippen molar-refractivity contribution >= 4 is 16.8 Å². The second-order valence-electron chi connectivity index (χ2n) is 3.17. The van der Waals surface area contributed by atoms with E-state index in [0.29, 0.717) is 24.1 Å². The van der Waals surface area contributed by atoms with E-state index in [0.717, 1.165) is 0 Å². The van der Waals surface area contributed by atoms with Crippen LogP contribution < -0.4 is 0 Å². The van der Waals surface area contributed by atoms with Crippen molar-refractivity contribution in [3.63, 3.8) is 0 Å². The number of pyridine rings is 1. The molecule has 1 fully saturated rings. The third-order valence-corrected chi connectivity index (χ3v) is 2.35. The van der Waals surface area contributed by atoms with Crippen molar-refractivity contribution in [2.24, 2.45) is 0 Å². The van der Waals surface area contributed by atoms with Crippen LogP contribution in [0.3, 0.4) is 0 Å². The summed E-state index contributed by atoms with van der Waals surface area (Å²) >= 11 is 5.26. The third kappa shape index (κ3) is 1.56. The molecule has 68 valence electrons. The molecule has 2 nitrogen and oxygen atoms in total. The zero-order valence-corrected chi connectivity index (χ0v) is 7.51. The Balaban J connectivity index is 2.38. The van der Waals surface area contributed by atoms with E-state index in [1.165, 1.54) is 18.3 Å². The lowest BCUT2D eigenvalue weighted by atomic mass is 10.2. The molecule has 1 aliphatic rings. The van der Waals surface area contributed by atoms with Crippen molar-refractivity contribution in [3.8, 4) is 0 Å². The van der Waals surface area contributed by atoms with Crippen LogP contribution in [0.15, 0.2) is 18.3 Å². The first-order chi connectivity index (χ1) is 6.12. The van der Waals surface area contributed by atoms with Gasteiger partial charge in [-0.2, -0.15) is 0 Å². The highest BCUT2D eigenvalue weighted by Gasteiger charge is 2.46. The summed E-state index contributed by atoms with van der Waals surface area (Å²) in [6.07, 6.45) is 2.38. The zero-order valence-electron chi connectivity index (χ0n) is 6.76. The van der Waals surface area contributed by atoms with Gasteiger partial charge in [-0.1, -0.05) is 0 Å². The smallest absolute Gasteiger partial charge is 0.252 e. The molecule has 1 heterocycles. The van der Waals surface area contributed by atoms with Crippen LogP contribution in [-0.2, 0) is 5.67 Å². The van der Waals surface area contributed by atoms with E-state index in [9.17, 15) is 9.18 Å². The Hall–Kier alpha value is -0.960. The maximum Gasteiger partial charge on any atom is 0.252 e. The van der Waals surface area contributed by atoms with Gasteiger partial charge in [-0.05, 0) is 36.6 Å². The largest absolute Gasteiger partial charge is 0.276 e. The highest BCUT2D eigenvalue weighted by atomic mass is 35.5. The molecular formula is C9H7ClFNO. The van der Waals surface area contributed by atoms with Crippen molar-refractivity contribution in [2.45, 2.75) is 18.5 Å². The molecule has 0 spiro atoms. The number of hydrogen-bond donors (Lipinski definition) is 0. The fourth-order valence-corrected chi connectivity index (χ4v) is 1.28. The molecule has 0 radical (unpaired) electrons. The van der Waals surface area contributed by atoms with Crippen LogP contribution in [-0.4, -0.2) is 10.2 Å². The first-order valence-corrected chi connectivity index (χ1v) is 4.35. The van der Waals surface area contributed by atoms with Crippen LogP contribution in [0.2, 0.25) is 0 Å². The number of hydrogen-bond acceptors (Lipinski definition) is 2. The average Bonchev–Trinajstić information content (AvgIpc) is 2.85. The van der Waals surface area contributed by atoms with E-state index < -0.39 is 10.9 Å². The van der Waals surface area contributed by atoms with Gasteiger partial charge in [0.05, 0.1) is 5.69 Å². The number of alkyl halides is 1. The average molecular weight is 200 g/mol. The predicted octanol–water partition coefficient (Wildman–Crippen LogP) is 2.42. The van der Waals surface area contributed by atoms with Crippen LogP contribution in [0.1, 0.15) is 28.9 Å². The first kappa shape index (κ1) is 8.63. The summed E-state index contributed by atoms with van der Waals surface area (Å²) in [5, 5.41) is -0.576. The minimum absolute atomic E-state index is 0.301. The van der Waals surface area contributed by atoms with E-state index in [-0.39, 0.29) is 0 Å². The monoisotopic (exact) mass is 199 g/mol. The molecule has 0 aromatic carbocycles. The summed E-state index contributed by atoms with van der Waals surface area (Å²) in [5.74, 6) is 0. The summed E-state index contributed by atoms with van der Waals surface area (Å²) in [6, 6.07) is 2.90. The van der Waals surface area contributed by atoms with Crippen LogP contribution in [0.5, 0.6) is 0 Å². The Morgan fingerprint density at radius 2 is 2.31 bits per heavy atom. The van der Waals surface area contributed by atoms with Crippen LogP contribution in [0.25, 0.3) is 0 Å². The number of rotatable bonds is 2. The van der Waals surface area contributed by atoms with Gasteiger partial charge < -0.3 is 0 Å². The van der Waals surface area contributed by atoms with Crippen molar-refractivity contribution < 1.29 is 9.18 Å². The fourth-order valence-electron chi connectivity index (χ4n) is 1.16. The second-order valence-corrected chi connectivity index (χ2v) is 3.51. The third-order valence-electron chi connectivity index (χ3n) is 2.13. The molecule has 0 unspecified atom stereocenters. The molecule has 1 saturated carbocycles. The molecule has 0 aliphatic heterocycles. The Morgan fingerprint density at radius 1 is 1.62 bits per heavy atom. The number of halogens is 2. The molecule has 1 aromatic heterocycles. The first-order valence-electron chi connectivity index (χ1n) is 3.97. The highest BCUT2D eigenvalue weighted by molar-refractivity contribution is 6.67. The van der Waals surface area contributed by atoms with Crippen LogP contribution >= 0.6 is 11.6 Å². The normalized spacial score (nSPS) is 18.3. The van der Waals surface area contributed by atoms with E-state index in [1.807, 2.05) is 0 Å². The Morgan fingerprint density at radius 3 is 2.85 bits per heavy atom. The molecule has 0 saturated heterocycles. The molecule has 0 N–H and O–H groups in total. The molecular weight excluding hydrogens is 193 g/mol. The summed E-state index contributed by atoms with van der Waals surface area (Å²) in [4.78, 5) is 14.6. The maximum absolute atomic E-state index is 13.5. The lowest BCUT2D eigenvalue weighted by molar-refractivity contribution is 0.108. The van der Waals surface area contributed by atoms with Gasteiger partial charge in [0.1, 0.15) is 0 Å². The van der Waals surface area contributed by atoms with Gasteiger partial charge in [-0.15, -0.1) is 0 Å². The van der Waals surface area contributed by atoms with E-state index in [1.54, 1.807) is 0 Å². The maximum atomic E-state index is 13.5. The minimum atomic E-state index is -1.30. The van der Waals surface area contributed by atoms with Gasteiger partial charge in [-0.3, -0.25) is 9.78 Å². The van der Waals surface area contributed by atoms with Crippen molar-refractivity contribution in [3.05, 3.63) is 29.6 Å². The zero-order chi connectivity index (χ0) is 9.47. The van der Waals surface area contributed by atoms with Gasteiger partial charge in [0, 0.05) is 11.8 Å². The van der Waals surface area contributed by atoms with Crippen molar-refractivity contribution in [2.75, 3.05) is 0 Å². The summed E-state index contributed by atoms with van der Waals surface area (Å²) in [7, 11) is 0. The number of carbonyl (C=O) groups is 1. The van der Waals surface area contributed by atoms with Gasteiger partial charge in [0.25, 0.3) is 5.24 Å². The molecule has 1 aromatic rings. The highest BCUT2D eigenvalue weighted by Crippen LogP contribution is 2.48. The molecule has 0 bridgehead atoms. The summed E-state index contributed by atoms with van der Waals surface area (Å²) in [5.41, 5.74) is -0.683. The molecule has 13 heavy (non-hydrogen) atoms. The van der Waals surface area contributed by atoms with Gasteiger partial charge in [0.2, 0.25) is 0 Å². The van der Waals surface area contributed by atoms with E-state index in [4.69, 9.17) is 11.6 Å². The molecule has 0 amide bonds. The van der Waals surface area contributed by atoms with Crippen molar-refractivity contribution in [1.29, 1.82) is 0 Å². The van der Waals surface area contributed by atoms with E-state index >= 15 is 0 Å². The Kier molecular flexibility index (Phi) is 1.84. The van der Waals surface area contributed by atoms with Crippen molar-refractivity contribution in [1.82, 2.24) is 4.98 Å². The molecule has 1 aliphatic carbocycles. The van der Waals surface area contributed by atoms with E-state index in [2.05, 4.69) is 4.98 Å². The Labute approximate surface area is 79.7 Å². The van der Waals surface area contributed by atoms with Crippen LogP contribution in [0, 0.1) is 0 Å². The van der Waals surface area contributed by atoms with Gasteiger partial charge in [0.15, 0.2) is 5.67 Å². The van der Waals surface area contributed by atoms with Crippen LogP contribution in [0.4, 0.5) is 4.39 Å². The quantitative estimate of drug-likeness (QED) is 0.685. The molecule has 0 atom stereocenters. The number of aromatic nitrogens is 1.